The number of aromatic carboxylic acids is 1. The van der Waals surface area contributed by atoms with E-state index in [1.165, 1.54) is 34.9 Å². The Morgan fingerprint density at radius 3 is 2.35 bits per heavy atom. The summed E-state index contributed by atoms with van der Waals surface area (Å²) < 4.78 is 0. The monoisotopic (exact) mass is 481 g/mol. The van der Waals surface area contributed by atoms with Gasteiger partial charge in [0.05, 0.1) is 28.6 Å². The number of hydrogen-bond donors (Lipinski definition) is 1. The van der Waals surface area contributed by atoms with E-state index in [0.717, 1.165) is 0 Å². The number of anilines is 1. The lowest BCUT2D eigenvalue weighted by molar-refractivity contribution is -0.138. The molecule has 0 saturated carbocycles. The van der Waals surface area contributed by atoms with Gasteiger partial charge < -0.3 is 10.0 Å². The van der Waals surface area contributed by atoms with Crippen molar-refractivity contribution >= 4 is 64.1 Å². The number of carboxylic acids is 1. The van der Waals surface area contributed by atoms with Gasteiger partial charge in [-0.05, 0) is 42.2 Å². The first-order valence-electron chi connectivity index (χ1n) is 9.28. The number of carbonyl (C=O) groups excluding carboxylic acids is 3. The third-order valence-electron chi connectivity index (χ3n) is 4.53. The maximum Gasteiger partial charge on any atom is 0.335 e. The second-order valence-electron chi connectivity index (χ2n) is 6.86. The summed E-state index contributed by atoms with van der Waals surface area (Å²) in [4.78, 5) is 50.1. The summed E-state index contributed by atoms with van der Waals surface area (Å²) in [6.07, 6.45) is 1.27. The predicted molar refractivity (Wildman–Crippen MR) is 123 cm³/mol. The van der Waals surface area contributed by atoms with E-state index in [1.807, 2.05) is 13.2 Å². The molecule has 0 heterocycles. The highest BCUT2D eigenvalue weighted by Gasteiger charge is 2.25. The Labute approximate surface area is 194 Å². The number of nitrogens with zero attached hydrogens (tertiary/aromatic N) is 1. The fraction of sp³-hybridized carbons (Fsp3) is 0.273. The molecule has 0 saturated heterocycles. The van der Waals surface area contributed by atoms with Crippen molar-refractivity contribution < 1.29 is 24.3 Å². The van der Waals surface area contributed by atoms with Crippen LogP contribution in [0.1, 0.15) is 35.7 Å². The van der Waals surface area contributed by atoms with Crippen LogP contribution < -0.4 is 4.90 Å². The van der Waals surface area contributed by atoms with Crippen molar-refractivity contribution in [1.29, 1.82) is 0 Å². The minimum absolute atomic E-state index is 0.0133. The highest BCUT2D eigenvalue weighted by Crippen LogP contribution is 2.26. The summed E-state index contributed by atoms with van der Waals surface area (Å²) >= 11 is 13.5. The molecule has 1 unspecified atom stereocenters. The zero-order valence-electron chi connectivity index (χ0n) is 16.9. The van der Waals surface area contributed by atoms with Crippen LogP contribution in [0.2, 0.25) is 10.0 Å². The number of halogens is 2. The molecule has 0 aliphatic heterocycles. The number of Topliss-reactive ketones (excluding diaryl/α,β-unsaturated/α-hetero) is 2. The lowest BCUT2D eigenvalue weighted by atomic mass is 10.1. The maximum absolute atomic E-state index is 13.0. The molecule has 164 valence electrons. The average molecular weight is 482 g/mol. The number of amides is 1. The Kier molecular flexibility index (Phi) is 9.10. The predicted octanol–water partition coefficient (Wildman–Crippen LogP) is 4.89. The number of hydrogen-bond acceptors (Lipinski definition) is 5. The molecule has 1 atom stereocenters. The van der Waals surface area contributed by atoms with Gasteiger partial charge in [-0.15, -0.1) is 0 Å². The smallest absolute Gasteiger partial charge is 0.335 e. The molecule has 0 fully saturated rings. The molecule has 9 heteroatoms. The van der Waals surface area contributed by atoms with Gasteiger partial charge in [0.15, 0.2) is 5.78 Å². The molecular weight excluding hydrogens is 461 g/mol. The zero-order chi connectivity index (χ0) is 23.1. The van der Waals surface area contributed by atoms with Gasteiger partial charge in [-0.3, -0.25) is 14.4 Å². The van der Waals surface area contributed by atoms with Crippen molar-refractivity contribution in [3.63, 3.8) is 0 Å². The highest BCUT2D eigenvalue weighted by molar-refractivity contribution is 7.99. The first kappa shape index (κ1) is 24.9. The van der Waals surface area contributed by atoms with Crippen LogP contribution in [-0.4, -0.2) is 40.1 Å². The van der Waals surface area contributed by atoms with Gasteiger partial charge in [0.1, 0.15) is 0 Å². The number of carbonyl (C=O) groups is 4. The Bertz CT molecular complexity index is 1010. The molecular formula is C22H21Cl2NO5S. The average Bonchev–Trinajstić information content (AvgIpc) is 2.74. The molecule has 0 aliphatic rings. The Balaban J connectivity index is 2.32. The molecule has 0 bridgehead atoms. The lowest BCUT2D eigenvalue weighted by Crippen LogP contribution is -2.34. The molecule has 6 nitrogen and oxygen atoms in total. The molecule has 0 spiro atoms. The van der Waals surface area contributed by atoms with Gasteiger partial charge in [0.25, 0.3) is 0 Å². The topological polar surface area (TPSA) is 91.8 Å². The van der Waals surface area contributed by atoms with Gasteiger partial charge >= 0.3 is 5.97 Å². The van der Waals surface area contributed by atoms with Crippen LogP contribution in [0.4, 0.5) is 5.69 Å². The van der Waals surface area contributed by atoms with Crippen LogP contribution in [0.5, 0.6) is 0 Å². The lowest BCUT2D eigenvalue weighted by Gasteiger charge is -2.23. The third-order valence-corrected chi connectivity index (χ3v) is 6.24. The van der Waals surface area contributed by atoms with Crippen LogP contribution in [0.3, 0.4) is 0 Å². The molecule has 1 N–H and O–H groups in total. The highest BCUT2D eigenvalue weighted by atomic mass is 35.5. The van der Waals surface area contributed by atoms with Crippen LogP contribution in [0, 0.1) is 0 Å². The van der Waals surface area contributed by atoms with E-state index in [-0.39, 0.29) is 29.5 Å². The van der Waals surface area contributed by atoms with E-state index < -0.39 is 29.9 Å². The fourth-order valence-corrected chi connectivity index (χ4v) is 3.38. The number of benzene rings is 2. The molecule has 0 radical (unpaired) electrons. The molecule has 2 aromatic rings. The van der Waals surface area contributed by atoms with E-state index in [0.29, 0.717) is 15.6 Å². The van der Waals surface area contributed by atoms with Gasteiger partial charge in [0.2, 0.25) is 11.7 Å². The van der Waals surface area contributed by atoms with Crippen LogP contribution in [0.15, 0.2) is 42.5 Å². The van der Waals surface area contributed by atoms with E-state index >= 15 is 0 Å². The minimum atomic E-state index is -1.15. The summed E-state index contributed by atoms with van der Waals surface area (Å²) in [7, 11) is 0. The van der Waals surface area contributed by atoms with Crippen molar-refractivity contribution in [3.05, 3.63) is 63.6 Å². The van der Waals surface area contributed by atoms with Crippen molar-refractivity contribution in [3.8, 4) is 0 Å². The Morgan fingerprint density at radius 2 is 1.74 bits per heavy atom. The van der Waals surface area contributed by atoms with Gasteiger partial charge in [-0.2, -0.15) is 11.8 Å². The summed E-state index contributed by atoms with van der Waals surface area (Å²) in [6, 6.07) is 10.6. The summed E-state index contributed by atoms with van der Waals surface area (Å²) in [6.45, 7) is 1.84. The van der Waals surface area contributed by atoms with E-state index in [1.54, 1.807) is 24.3 Å². The van der Waals surface area contributed by atoms with E-state index in [2.05, 4.69) is 0 Å². The normalized spacial score (nSPS) is 11.6. The molecule has 0 aliphatic carbocycles. The molecule has 0 aromatic heterocycles. The van der Waals surface area contributed by atoms with E-state index in [4.69, 9.17) is 23.2 Å². The molecule has 2 rings (SSSR count). The van der Waals surface area contributed by atoms with E-state index in [9.17, 15) is 24.3 Å². The minimum Gasteiger partial charge on any atom is -0.478 e. The van der Waals surface area contributed by atoms with Crippen LogP contribution >= 0.6 is 35.0 Å². The van der Waals surface area contributed by atoms with Crippen molar-refractivity contribution in [2.75, 3.05) is 11.2 Å². The van der Waals surface area contributed by atoms with Crippen molar-refractivity contribution in [2.45, 2.75) is 31.6 Å². The zero-order valence-corrected chi connectivity index (χ0v) is 19.3. The van der Waals surface area contributed by atoms with Gasteiger partial charge in [0, 0.05) is 17.4 Å². The third kappa shape index (κ3) is 7.09. The quantitative estimate of drug-likeness (QED) is 0.383. The van der Waals surface area contributed by atoms with Crippen LogP contribution in [0.25, 0.3) is 0 Å². The number of ketones is 2. The standard InChI is InChI=1S/C22H21Cl2NO5S/c1-13(31-2)8-19(26)20(27)11-21(28)25(12-14-6-7-17(23)18(24)9-14)16-5-3-4-15(10-16)22(29)30/h3-7,9-10,13H,8,11-12H2,1-2H3,(H,29,30). The van der Waals surface area contributed by atoms with Crippen LogP contribution in [-0.2, 0) is 20.9 Å². The molecule has 31 heavy (non-hydrogen) atoms. The second kappa shape index (κ2) is 11.3. The summed E-state index contributed by atoms with van der Waals surface area (Å²) in [5.74, 6) is -3.16. The number of carboxylic acid groups (broad SMARTS) is 1. The summed E-state index contributed by atoms with van der Waals surface area (Å²) in [5.41, 5.74) is 0.896. The SMILES string of the molecule is CSC(C)CC(=O)C(=O)CC(=O)N(Cc1ccc(Cl)c(Cl)c1)c1cccc(C(=O)O)c1. The first-order chi connectivity index (χ1) is 14.6. The summed E-state index contributed by atoms with van der Waals surface area (Å²) in [5, 5.41) is 9.88. The first-order valence-corrected chi connectivity index (χ1v) is 11.3. The Hall–Kier alpha value is -2.35. The second-order valence-corrected chi connectivity index (χ2v) is 8.95. The maximum atomic E-state index is 13.0. The van der Waals surface area contributed by atoms with Crippen molar-refractivity contribution in [2.24, 2.45) is 0 Å². The van der Waals surface area contributed by atoms with Gasteiger partial charge in [-0.25, -0.2) is 4.79 Å². The number of thioether (sulfide) groups is 1. The fourth-order valence-electron chi connectivity index (χ4n) is 2.74. The number of rotatable bonds is 10. The molecule has 1 amide bonds. The Morgan fingerprint density at radius 1 is 1.03 bits per heavy atom. The van der Waals surface area contributed by atoms with Gasteiger partial charge in [-0.1, -0.05) is 42.3 Å². The molecule has 2 aromatic carbocycles. The van der Waals surface area contributed by atoms with Crippen molar-refractivity contribution in [1.82, 2.24) is 0 Å². The largest absolute Gasteiger partial charge is 0.478 e.